The first-order valence-corrected chi connectivity index (χ1v) is 14.9. The molecule has 8 rings (SSSR count). The smallest absolute Gasteiger partial charge is 0.320 e. The molecule has 0 aliphatic carbocycles. The number of nitrogens with zero attached hydrogens (tertiary/aromatic N) is 6. The molecule has 9 nitrogen and oxygen atoms in total. The molecule has 10 heteroatoms. The van der Waals surface area contributed by atoms with Gasteiger partial charge in [0.1, 0.15) is 30.4 Å². The number of alkyl halides is 1. The van der Waals surface area contributed by atoms with E-state index in [0.717, 1.165) is 56.1 Å². The molecule has 6 heterocycles. The summed E-state index contributed by atoms with van der Waals surface area (Å²) >= 11 is 0. The third kappa shape index (κ3) is 4.22. The number of anilines is 1. The molecule has 4 aromatic rings. The van der Waals surface area contributed by atoms with Crippen LogP contribution in [0.3, 0.4) is 0 Å². The number of hydrogen-bond donors (Lipinski definition) is 2. The molecular weight excluding hydrogens is 533 g/mol. The van der Waals surface area contributed by atoms with Crippen molar-refractivity contribution in [1.29, 1.82) is 5.26 Å². The monoisotopic (exact) mass is 565 g/mol. The summed E-state index contributed by atoms with van der Waals surface area (Å²) in [6.07, 6.45) is 3.78. The summed E-state index contributed by atoms with van der Waals surface area (Å²) in [6.45, 7) is 3.26. The van der Waals surface area contributed by atoms with E-state index in [1.807, 2.05) is 30.3 Å². The Bertz CT molecular complexity index is 1750. The van der Waals surface area contributed by atoms with Crippen molar-refractivity contribution >= 4 is 27.6 Å². The number of fused-ring (bicyclic) bond motifs is 5. The highest BCUT2D eigenvalue weighted by atomic mass is 19.1. The van der Waals surface area contributed by atoms with Gasteiger partial charge in [-0.05, 0) is 61.2 Å². The molecule has 2 aromatic carbocycles. The third-order valence-electron chi connectivity index (χ3n) is 9.62. The molecule has 0 amide bonds. The minimum Gasteiger partial charge on any atom is -0.508 e. The second kappa shape index (κ2) is 9.75. The number of nitrogens with one attached hydrogen (secondary N) is 1. The fourth-order valence-corrected chi connectivity index (χ4v) is 7.72. The van der Waals surface area contributed by atoms with Crippen LogP contribution in [0.5, 0.6) is 11.8 Å². The SMILES string of the molecule is N#Cc1cc2c(N3CC4CCC(C3)N4)nc(OC[C@@]34CCCN3C[C@H](F)C4)nc2nc1-c1cc(O)cc2ccccc12. The zero-order valence-electron chi connectivity index (χ0n) is 23.3. The lowest BCUT2D eigenvalue weighted by Gasteiger charge is -2.34. The van der Waals surface area contributed by atoms with Gasteiger partial charge in [0.2, 0.25) is 0 Å². The summed E-state index contributed by atoms with van der Waals surface area (Å²) in [4.78, 5) is 19.1. The van der Waals surface area contributed by atoms with Crippen molar-refractivity contribution in [2.75, 3.05) is 37.7 Å². The quantitative estimate of drug-likeness (QED) is 0.366. The van der Waals surface area contributed by atoms with Crippen LogP contribution in [0.2, 0.25) is 0 Å². The maximum atomic E-state index is 14.4. The number of phenolic OH excluding ortho intramolecular Hbond substituents is 1. The van der Waals surface area contributed by atoms with Gasteiger partial charge in [0.25, 0.3) is 0 Å². The van der Waals surface area contributed by atoms with Crippen LogP contribution in [0.1, 0.15) is 37.7 Å². The number of nitriles is 1. The van der Waals surface area contributed by atoms with Gasteiger partial charge in [-0.1, -0.05) is 24.3 Å². The fraction of sp³-hybridized carbons (Fsp3) is 0.438. The lowest BCUT2D eigenvalue weighted by atomic mass is 9.95. The van der Waals surface area contributed by atoms with E-state index in [0.29, 0.717) is 65.3 Å². The molecule has 2 bridgehead atoms. The number of aromatic hydroxyl groups is 1. The van der Waals surface area contributed by atoms with Gasteiger partial charge in [0, 0.05) is 43.7 Å². The number of piperazine rings is 1. The summed E-state index contributed by atoms with van der Waals surface area (Å²) in [6, 6.07) is 16.2. The average Bonchev–Trinajstić information content (AvgIpc) is 3.64. The second-order valence-corrected chi connectivity index (χ2v) is 12.3. The number of aromatic nitrogens is 3. The summed E-state index contributed by atoms with van der Waals surface area (Å²) in [5.74, 6) is 0.807. The Hall–Kier alpha value is -4.07. The van der Waals surface area contributed by atoms with Crippen LogP contribution >= 0.6 is 0 Å². The standard InChI is InChI=1S/C32H32FN7O2/c33-21-13-32(8-3-9-40(32)15-21)18-42-31-37-29-27(30(38-31)39-16-22-6-7-23(17-39)35-22)11-20(14-34)28(36-29)26-12-24(41)10-19-4-1-2-5-25(19)26/h1-2,4-5,10-12,21-23,35,41H,3,6-9,13,15-18H2/t21-,22?,23?,32+/m1/s1. The number of rotatable bonds is 5. The molecule has 2 unspecified atom stereocenters. The van der Waals surface area contributed by atoms with E-state index in [4.69, 9.17) is 19.7 Å². The summed E-state index contributed by atoms with van der Waals surface area (Å²) < 4.78 is 20.8. The van der Waals surface area contributed by atoms with Crippen molar-refractivity contribution in [2.24, 2.45) is 0 Å². The Morgan fingerprint density at radius 2 is 1.90 bits per heavy atom. The predicted octanol–water partition coefficient (Wildman–Crippen LogP) is 4.32. The maximum absolute atomic E-state index is 14.4. The minimum atomic E-state index is -0.843. The molecule has 2 N–H and O–H groups in total. The van der Waals surface area contributed by atoms with Crippen LogP contribution in [-0.4, -0.2) is 81.5 Å². The summed E-state index contributed by atoms with van der Waals surface area (Å²) in [7, 11) is 0. The van der Waals surface area contributed by atoms with E-state index in [9.17, 15) is 14.8 Å². The first kappa shape index (κ1) is 25.6. The van der Waals surface area contributed by atoms with Gasteiger partial charge in [-0.2, -0.15) is 15.2 Å². The molecule has 0 radical (unpaired) electrons. The number of hydrogen-bond acceptors (Lipinski definition) is 9. The van der Waals surface area contributed by atoms with Crippen LogP contribution in [0.15, 0.2) is 42.5 Å². The zero-order chi connectivity index (χ0) is 28.4. The highest BCUT2D eigenvalue weighted by Gasteiger charge is 2.49. The van der Waals surface area contributed by atoms with Gasteiger partial charge < -0.3 is 20.1 Å². The van der Waals surface area contributed by atoms with E-state index in [1.54, 1.807) is 12.1 Å². The highest BCUT2D eigenvalue weighted by molar-refractivity contribution is 6.00. The Labute approximate surface area is 242 Å². The van der Waals surface area contributed by atoms with E-state index >= 15 is 0 Å². The van der Waals surface area contributed by atoms with Gasteiger partial charge in [0.15, 0.2) is 5.65 Å². The summed E-state index contributed by atoms with van der Waals surface area (Å²) in [5.41, 5.74) is 1.60. The number of pyridine rings is 1. The van der Waals surface area contributed by atoms with Crippen molar-refractivity contribution in [1.82, 2.24) is 25.2 Å². The Morgan fingerprint density at radius 1 is 1.07 bits per heavy atom. The average molecular weight is 566 g/mol. The largest absolute Gasteiger partial charge is 0.508 e. The van der Waals surface area contributed by atoms with Crippen molar-refractivity contribution in [3.8, 4) is 29.1 Å². The molecule has 0 spiro atoms. The van der Waals surface area contributed by atoms with Crippen LogP contribution in [0.4, 0.5) is 10.2 Å². The van der Waals surface area contributed by atoms with Crippen molar-refractivity contribution in [3.05, 3.63) is 48.0 Å². The van der Waals surface area contributed by atoms with Crippen LogP contribution in [0.25, 0.3) is 33.1 Å². The van der Waals surface area contributed by atoms with Gasteiger partial charge in [-0.25, -0.2) is 9.37 Å². The molecule has 4 aliphatic rings. The molecule has 2 aromatic heterocycles. The Kier molecular flexibility index (Phi) is 5.95. The lowest BCUT2D eigenvalue weighted by molar-refractivity contribution is 0.107. The lowest BCUT2D eigenvalue weighted by Crippen LogP contribution is -2.51. The Morgan fingerprint density at radius 3 is 2.74 bits per heavy atom. The zero-order valence-corrected chi connectivity index (χ0v) is 23.3. The normalized spacial score (nSPS) is 27.0. The molecule has 4 aliphatic heterocycles. The first-order chi connectivity index (χ1) is 20.5. The van der Waals surface area contributed by atoms with E-state index < -0.39 is 6.17 Å². The van der Waals surface area contributed by atoms with Gasteiger partial charge in [0.05, 0.1) is 22.2 Å². The molecule has 0 saturated carbocycles. The maximum Gasteiger partial charge on any atom is 0.320 e. The first-order valence-electron chi connectivity index (χ1n) is 14.9. The molecule has 4 fully saturated rings. The van der Waals surface area contributed by atoms with Crippen molar-refractivity contribution in [3.63, 3.8) is 0 Å². The number of benzene rings is 2. The molecule has 214 valence electrons. The molecule has 4 saturated heterocycles. The highest BCUT2D eigenvalue weighted by Crippen LogP contribution is 2.41. The second-order valence-electron chi connectivity index (χ2n) is 12.3. The topological polar surface area (TPSA) is 110 Å². The van der Waals surface area contributed by atoms with E-state index in [-0.39, 0.29) is 17.3 Å². The van der Waals surface area contributed by atoms with Crippen molar-refractivity contribution < 1.29 is 14.2 Å². The Balaban J connectivity index is 1.26. The number of ether oxygens (including phenoxy) is 1. The molecule has 4 atom stereocenters. The minimum absolute atomic E-state index is 0.0984. The summed E-state index contributed by atoms with van der Waals surface area (Å²) in [5, 5.41) is 26.9. The fourth-order valence-electron chi connectivity index (χ4n) is 7.72. The number of phenols is 1. The third-order valence-corrected chi connectivity index (χ3v) is 9.62. The van der Waals surface area contributed by atoms with Gasteiger partial charge >= 0.3 is 6.01 Å². The van der Waals surface area contributed by atoms with Crippen LogP contribution in [0, 0.1) is 11.3 Å². The van der Waals surface area contributed by atoms with Gasteiger partial charge in [-0.15, -0.1) is 0 Å². The van der Waals surface area contributed by atoms with Crippen molar-refractivity contribution in [2.45, 2.75) is 55.9 Å². The van der Waals surface area contributed by atoms with E-state index in [1.165, 1.54) is 0 Å². The van der Waals surface area contributed by atoms with Crippen LogP contribution in [-0.2, 0) is 0 Å². The van der Waals surface area contributed by atoms with Gasteiger partial charge in [-0.3, -0.25) is 4.90 Å². The molecular formula is C32H32FN7O2. The van der Waals surface area contributed by atoms with E-state index in [2.05, 4.69) is 21.2 Å². The van der Waals surface area contributed by atoms with Crippen LogP contribution < -0.4 is 15.0 Å². The molecule has 42 heavy (non-hydrogen) atoms. The number of halogens is 1. The predicted molar refractivity (Wildman–Crippen MR) is 157 cm³/mol.